The van der Waals surface area contributed by atoms with Gasteiger partial charge in [0.25, 0.3) is 5.91 Å². The van der Waals surface area contributed by atoms with E-state index in [1.807, 2.05) is 43.3 Å². The molecule has 0 bridgehead atoms. The van der Waals surface area contributed by atoms with Crippen molar-refractivity contribution in [2.75, 3.05) is 12.0 Å². The molecule has 0 saturated heterocycles. The van der Waals surface area contributed by atoms with E-state index in [-0.39, 0.29) is 24.0 Å². The number of nitrogens with zero attached hydrogens (tertiary/aromatic N) is 1. The molecule has 1 atom stereocenters. The standard InChI is InChI=1S/C21H24N2O4S/c1-15-7-9-16(10-8-15)13-22-20(24)19(11-12-28(2,26)27)23-14-17-5-3-4-6-18(17)21(23)25/h3-10,19H,11-14H2,1-2H3,(H,22,24)/t19-/m0/s1. The predicted octanol–water partition coefficient (Wildman–Crippen LogP) is 2.07. The van der Waals surface area contributed by atoms with E-state index in [9.17, 15) is 18.0 Å². The van der Waals surface area contributed by atoms with Crippen LogP contribution in [0.3, 0.4) is 0 Å². The maximum absolute atomic E-state index is 12.9. The number of carbonyl (C=O) groups excluding carboxylic acids is 2. The number of aryl methyl sites for hydroxylation is 1. The minimum atomic E-state index is -3.26. The van der Waals surface area contributed by atoms with Crippen LogP contribution in [0.2, 0.25) is 0 Å². The lowest BCUT2D eigenvalue weighted by Gasteiger charge is -2.27. The van der Waals surface area contributed by atoms with Crippen molar-refractivity contribution in [2.24, 2.45) is 0 Å². The average Bonchev–Trinajstić information content (AvgIpc) is 2.97. The summed E-state index contributed by atoms with van der Waals surface area (Å²) < 4.78 is 23.3. The number of hydrogen-bond donors (Lipinski definition) is 1. The van der Waals surface area contributed by atoms with Gasteiger partial charge in [-0.3, -0.25) is 9.59 Å². The molecule has 1 N–H and O–H groups in total. The second kappa shape index (κ2) is 8.14. The summed E-state index contributed by atoms with van der Waals surface area (Å²) in [5, 5.41) is 2.85. The SMILES string of the molecule is Cc1ccc(CNC(=O)[C@H](CCS(C)(=O)=O)N2Cc3ccccc3C2=O)cc1. The average molecular weight is 401 g/mol. The lowest BCUT2D eigenvalue weighted by molar-refractivity contribution is -0.126. The fourth-order valence-electron chi connectivity index (χ4n) is 3.30. The molecule has 148 valence electrons. The summed E-state index contributed by atoms with van der Waals surface area (Å²) in [7, 11) is -3.26. The van der Waals surface area contributed by atoms with E-state index >= 15 is 0 Å². The zero-order valence-electron chi connectivity index (χ0n) is 16.0. The number of benzene rings is 2. The van der Waals surface area contributed by atoms with Gasteiger partial charge in [0.15, 0.2) is 0 Å². The Kier molecular flexibility index (Phi) is 5.84. The van der Waals surface area contributed by atoms with E-state index in [1.54, 1.807) is 12.1 Å². The van der Waals surface area contributed by atoms with Crippen LogP contribution in [-0.2, 0) is 27.7 Å². The van der Waals surface area contributed by atoms with E-state index in [4.69, 9.17) is 0 Å². The number of nitrogens with one attached hydrogen (secondary N) is 1. The van der Waals surface area contributed by atoms with E-state index in [0.29, 0.717) is 18.7 Å². The van der Waals surface area contributed by atoms with Crippen LogP contribution in [0.15, 0.2) is 48.5 Å². The summed E-state index contributed by atoms with van der Waals surface area (Å²) in [4.78, 5) is 27.1. The van der Waals surface area contributed by atoms with Crippen molar-refractivity contribution in [1.29, 1.82) is 0 Å². The Morgan fingerprint density at radius 1 is 1.14 bits per heavy atom. The van der Waals surface area contributed by atoms with Gasteiger partial charge in [-0.1, -0.05) is 48.0 Å². The lowest BCUT2D eigenvalue weighted by Crippen LogP contribution is -2.47. The molecule has 7 heteroatoms. The minimum Gasteiger partial charge on any atom is -0.350 e. The Labute approximate surface area is 165 Å². The monoisotopic (exact) mass is 400 g/mol. The Morgan fingerprint density at radius 2 is 1.82 bits per heavy atom. The molecule has 0 unspecified atom stereocenters. The largest absolute Gasteiger partial charge is 0.350 e. The summed E-state index contributed by atoms with van der Waals surface area (Å²) >= 11 is 0. The maximum atomic E-state index is 12.9. The first kappa shape index (κ1) is 20.1. The van der Waals surface area contributed by atoms with Crippen LogP contribution in [-0.4, -0.2) is 43.2 Å². The van der Waals surface area contributed by atoms with Gasteiger partial charge in [0.2, 0.25) is 5.91 Å². The number of hydrogen-bond acceptors (Lipinski definition) is 4. The first-order valence-electron chi connectivity index (χ1n) is 9.14. The van der Waals surface area contributed by atoms with E-state index in [0.717, 1.165) is 22.9 Å². The molecule has 1 aliphatic heterocycles. The highest BCUT2D eigenvalue weighted by atomic mass is 32.2. The maximum Gasteiger partial charge on any atom is 0.255 e. The normalized spacial score (nSPS) is 14.6. The molecule has 2 aromatic carbocycles. The van der Waals surface area contributed by atoms with Crippen LogP contribution < -0.4 is 5.32 Å². The first-order valence-corrected chi connectivity index (χ1v) is 11.2. The molecule has 3 rings (SSSR count). The molecule has 2 aromatic rings. The molecule has 1 aliphatic rings. The van der Waals surface area contributed by atoms with Crippen molar-refractivity contribution in [3.05, 3.63) is 70.8 Å². The van der Waals surface area contributed by atoms with Crippen molar-refractivity contribution >= 4 is 21.7 Å². The smallest absolute Gasteiger partial charge is 0.255 e. The Hall–Kier alpha value is -2.67. The summed E-state index contributed by atoms with van der Waals surface area (Å²) in [6.07, 6.45) is 1.20. The highest BCUT2D eigenvalue weighted by Gasteiger charge is 2.36. The van der Waals surface area contributed by atoms with Gasteiger partial charge in [0.05, 0.1) is 5.75 Å². The zero-order chi connectivity index (χ0) is 20.3. The second-order valence-corrected chi connectivity index (χ2v) is 9.49. The summed E-state index contributed by atoms with van der Waals surface area (Å²) in [6.45, 7) is 2.62. The molecule has 0 spiro atoms. The molecule has 6 nitrogen and oxygen atoms in total. The highest BCUT2D eigenvalue weighted by Crippen LogP contribution is 2.25. The summed E-state index contributed by atoms with van der Waals surface area (Å²) in [5.41, 5.74) is 3.49. The third kappa shape index (κ3) is 4.78. The summed E-state index contributed by atoms with van der Waals surface area (Å²) in [5.74, 6) is -0.736. The topological polar surface area (TPSA) is 83.6 Å². The third-order valence-corrected chi connectivity index (χ3v) is 5.85. The second-order valence-electron chi connectivity index (χ2n) is 7.23. The molecule has 0 aliphatic carbocycles. The molecule has 0 aromatic heterocycles. The van der Waals surface area contributed by atoms with Crippen molar-refractivity contribution in [3.8, 4) is 0 Å². The Bertz CT molecular complexity index is 984. The molecule has 0 fully saturated rings. The number of sulfone groups is 1. The van der Waals surface area contributed by atoms with Gasteiger partial charge in [0, 0.05) is 24.9 Å². The van der Waals surface area contributed by atoms with Crippen molar-refractivity contribution in [3.63, 3.8) is 0 Å². The molecular weight excluding hydrogens is 376 g/mol. The van der Waals surface area contributed by atoms with Crippen LogP contribution in [0.1, 0.15) is 33.5 Å². The van der Waals surface area contributed by atoms with Crippen molar-refractivity contribution in [1.82, 2.24) is 10.2 Å². The quantitative estimate of drug-likeness (QED) is 0.771. The molecule has 0 saturated carbocycles. The van der Waals surface area contributed by atoms with Gasteiger partial charge in [0.1, 0.15) is 15.9 Å². The molecular formula is C21H24N2O4S. The first-order chi connectivity index (χ1) is 13.2. The molecule has 28 heavy (non-hydrogen) atoms. The number of amides is 2. The Balaban J connectivity index is 1.76. The zero-order valence-corrected chi connectivity index (χ0v) is 16.8. The van der Waals surface area contributed by atoms with Crippen molar-refractivity contribution in [2.45, 2.75) is 32.5 Å². The number of carbonyl (C=O) groups is 2. The van der Waals surface area contributed by atoms with Gasteiger partial charge in [-0.25, -0.2) is 8.42 Å². The predicted molar refractivity (Wildman–Crippen MR) is 107 cm³/mol. The highest BCUT2D eigenvalue weighted by molar-refractivity contribution is 7.90. The molecule has 2 amide bonds. The van der Waals surface area contributed by atoms with Gasteiger partial charge in [-0.05, 0) is 30.5 Å². The lowest BCUT2D eigenvalue weighted by atomic mass is 10.1. The minimum absolute atomic E-state index is 0.0678. The van der Waals surface area contributed by atoms with Gasteiger partial charge in [-0.2, -0.15) is 0 Å². The molecule has 0 radical (unpaired) electrons. The van der Waals surface area contributed by atoms with Crippen LogP contribution in [0.4, 0.5) is 0 Å². The van der Waals surface area contributed by atoms with Crippen molar-refractivity contribution < 1.29 is 18.0 Å². The Morgan fingerprint density at radius 3 is 2.46 bits per heavy atom. The number of rotatable bonds is 7. The van der Waals surface area contributed by atoms with Gasteiger partial charge in [-0.15, -0.1) is 0 Å². The van der Waals surface area contributed by atoms with E-state index < -0.39 is 15.9 Å². The van der Waals surface area contributed by atoms with Crippen LogP contribution in [0, 0.1) is 6.92 Å². The number of fused-ring (bicyclic) bond motifs is 1. The summed E-state index contributed by atoms with van der Waals surface area (Å²) in [6, 6.07) is 14.2. The van der Waals surface area contributed by atoms with Crippen LogP contribution >= 0.6 is 0 Å². The van der Waals surface area contributed by atoms with Gasteiger partial charge >= 0.3 is 0 Å². The fourth-order valence-corrected chi connectivity index (χ4v) is 3.95. The van der Waals surface area contributed by atoms with Crippen LogP contribution in [0.25, 0.3) is 0 Å². The van der Waals surface area contributed by atoms with Crippen LogP contribution in [0.5, 0.6) is 0 Å². The third-order valence-electron chi connectivity index (χ3n) is 4.88. The fraction of sp³-hybridized carbons (Fsp3) is 0.333. The molecule has 1 heterocycles. The van der Waals surface area contributed by atoms with E-state index in [1.165, 1.54) is 4.90 Å². The van der Waals surface area contributed by atoms with E-state index in [2.05, 4.69) is 5.32 Å². The van der Waals surface area contributed by atoms with Gasteiger partial charge < -0.3 is 10.2 Å².